The van der Waals surface area contributed by atoms with Gasteiger partial charge in [0.15, 0.2) is 0 Å². The second-order valence-corrected chi connectivity index (χ2v) is 5.20. The number of carbonyl (C=O) groups is 1. The van der Waals surface area contributed by atoms with Crippen LogP contribution in [0, 0.1) is 0 Å². The lowest BCUT2D eigenvalue weighted by Gasteiger charge is -2.37. The van der Waals surface area contributed by atoms with Crippen LogP contribution in [0.3, 0.4) is 0 Å². The van der Waals surface area contributed by atoms with Crippen LogP contribution in [0.15, 0.2) is 18.2 Å². The number of nitrogens with two attached hydrogens (primary N) is 1. The molecule has 0 saturated heterocycles. The van der Waals surface area contributed by atoms with Crippen LogP contribution >= 0.6 is 11.6 Å². The van der Waals surface area contributed by atoms with Gasteiger partial charge in [-0.25, -0.2) is 0 Å². The van der Waals surface area contributed by atoms with Gasteiger partial charge in [-0.2, -0.15) is 0 Å². The molecule has 3 N–H and O–H groups in total. The fourth-order valence-electron chi connectivity index (χ4n) is 2.08. The molecule has 2 rings (SSSR count). The van der Waals surface area contributed by atoms with Crippen LogP contribution < -0.4 is 15.8 Å². The Bertz CT molecular complexity index is 458. The van der Waals surface area contributed by atoms with Crippen LogP contribution in [0.2, 0.25) is 5.02 Å². The number of ether oxygens (including phenoxy) is 1. The first-order valence-electron chi connectivity index (χ1n) is 5.95. The van der Waals surface area contributed by atoms with E-state index >= 15 is 0 Å². The minimum atomic E-state index is -0.305. The highest BCUT2D eigenvalue weighted by atomic mass is 35.5. The largest absolute Gasteiger partial charge is 0.495 e. The number of hydrogen-bond donors (Lipinski definition) is 2. The highest BCUT2D eigenvalue weighted by Crippen LogP contribution is 2.33. The molecular formula is C13H17ClN2O2. The number of amides is 1. The molecule has 1 aliphatic rings. The summed E-state index contributed by atoms with van der Waals surface area (Å²) in [4.78, 5) is 11.8. The Balaban J connectivity index is 1.96. The zero-order chi connectivity index (χ0) is 13.2. The summed E-state index contributed by atoms with van der Waals surface area (Å²) in [6, 6.07) is 5.15. The smallest absolute Gasteiger partial charge is 0.226 e. The molecule has 0 aliphatic heterocycles. The average molecular weight is 269 g/mol. The van der Waals surface area contributed by atoms with Gasteiger partial charge in [-0.15, -0.1) is 0 Å². The van der Waals surface area contributed by atoms with Gasteiger partial charge in [0, 0.05) is 17.6 Å². The third-order valence-corrected chi connectivity index (χ3v) is 3.59. The van der Waals surface area contributed by atoms with E-state index in [1.165, 1.54) is 0 Å². The van der Waals surface area contributed by atoms with Crippen molar-refractivity contribution in [3.05, 3.63) is 23.2 Å². The Morgan fingerprint density at radius 1 is 1.56 bits per heavy atom. The molecule has 98 valence electrons. The third-order valence-electron chi connectivity index (χ3n) is 3.30. The van der Waals surface area contributed by atoms with Gasteiger partial charge in [0.25, 0.3) is 0 Å². The van der Waals surface area contributed by atoms with E-state index in [-0.39, 0.29) is 11.4 Å². The zero-order valence-corrected chi connectivity index (χ0v) is 11.1. The fraction of sp³-hybridized carbons (Fsp3) is 0.462. The van der Waals surface area contributed by atoms with E-state index in [2.05, 4.69) is 5.32 Å². The van der Waals surface area contributed by atoms with E-state index < -0.39 is 0 Å². The summed E-state index contributed by atoms with van der Waals surface area (Å²) >= 11 is 5.98. The second kappa shape index (κ2) is 5.16. The van der Waals surface area contributed by atoms with Gasteiger partial charge in [-0.1, -0.05) is 11.6 Å². The van der Waals surface area contributed by atoms with Crippen molar-refractivity contribution in [3.8, 4) is 5.75 Å². The minimum absolute atomic E-state index is 0.0709. The maximum atomic E-state index is 11.8. The quantitative estimate of drug-likeness (QED) is 0.882. The summed E-state index contributed by atoms with van der Waals surface area (Å²) in [7, 11) is 1.55. The van der Waals surface area contributed by atoms with Crippen molar-refractivity contribution in [2.45, 2.75) is 31.2 Å². The molecule has 18 heavy (non-hydrogen) atoms. The molecule has 0 aromatic heterocycles. The lowest BCUT2D eigenvalue weighted by Crippen LogP contribution is -2.48. The number of carbonyl (C=O) groups excluding carboxylic acids is 1. The molecule has 1 saturated carbocycles. The molecule has 0 bridgehead atoms. The summed E-state index contributed by atoms with van der Waals surface area (Å²) in [5.41, 5.74) is 6.38. The number of anilines is 1. The molecule has 1 fully saturated rings. The van der Waals surface area contributed by atoms with Gasteiger partial charge in [0.1, 0.15) is 5.75 Å². The summed E-state index contributed by atoms with van der Waals surface area (Å²) in [5.74, 6) is 0.516. The summed E-state index contributed by atoms with van der Waals surface area (Å²) in [6.45, 7) is 0. The van der Waals surface area contributed by atoms with Crippen molar-refractivity contribution in [2.24, 2.45) is 5.73 Å². The van der Waals surface area contributed by atoms with Crippen LogP contribution in [-0.2, 0) is 4.79 Å². The normalized spacial score (nSPS) is 16.8. The predicted octanol–water partition coefficient (Wildman–Crippen LogP) is 2.56. The summed E-state index contributed by atoms with van der Waals surface area (Å²) in [6.07, 6.45) is 3.31. The topological polar surface area (TPSA) is 64.3 Å². The zero-order valence-electron chi connectivity index (χ0n) is 10.3. The first-order valence-corrected chi connectivity index (χ1v) is 6.32. The second-order valence-electron chi connectivity index (χ2n) is 4.79. The molecule has 0 spiro atoms. The Morgan fingerprint density at radius 2 is 2.28 bits per heavy atom. The van der Waals surface area contributed by atoms with Crippen LogP contribution in [0.5, 0.6) is 5.75 Å². The molecule has 0 atom stereocenters. The average Bonchev–Trinajstić information content (AvgIpc) is 2.27. The molecular weight excluding hydrogens is 252 g/mol. The molecule has 5 heteroatoms. The predicted molar refractivity (Wildman–Crippen MR) is 72.0 cm³/mol. The third kappa shape index (κ3) is 2.94. The lowest BCUT2D eigenvalue weighted by molar-refractivity contribution is -0.118. The molecule has 1 aliphatic carbocycles. The van der Waals surface area contributed by atoms with Gasteiger partial charge in [0.05, 0.1) is 12.1 Å². The number of hydrogen-bond acceptors (Lipinski definition) is 3. The Kier molecular flexibility index (Phi) is 3.78. The Morgan fingerprint density at radius 3 is 2.78 bits per heavy atom. The number of halogens is 1. The summed E-state index contributed by atoms with van der Waals surface area (Å²) in [5, 5.41) is 3.27. The highest BCUT2D eigenvalue weighted by molar-refractivity contribution is 6.32. The molecule has 1 aromatic rings. The van der Waals surface area contributed by atoms with Crippen LogP contribution in [0.25, 0.3) is 0 Å². The monoisotopic (exact) mass is 268 g/mol. The standard InChI is InChI=1S/C13H17ClN2O2/c1-18-11-4-3-9(7-10(11)14)16-12(17)8-13(15)5-2-6-13/h3-4,7H,2,5-6,8,15H2,1H3,(H,16,17). The van der Waals surface area contributed by atoms with Gasteiger partial charge < -0.3 is 15.8 Å². The summed E-state index contributed by atoms with van der Waals surface area (Å²) < 4.78 is 5.05. The van der Waals surface area contributed by atoms with E-state index in [4.69, 9.17) is 22.1 Å². The van der Waals surface area contributed by atoms with E-state index in [0.717, 1.165) is 19.3 Å². The van der Waals surface area contributed by atoms with Gasteiger partial charge >= 0.3 is 0 Å². The van der Waals surface area contributed by atoms with Crippen molar-refractivity contribution < 1.29 is 9.53 Å². The fourth-order valence-corrected chi connectivity index (χ4v) is 2.33. The van der Waals surface area contributed by atoms with Crippen LogP contribution in [0.1, 0.15) is 25.7 Å². The van der Waals surface area contributed by atoms with Crippen molar-refractivity contribution in [1.29, 1.82) is 0 Å². The van der Waals surface area contributed by atoms with Crippen molar-refractivity contribution in [1.82, 2.24) is 0 Å². The molecule has 0 unspecified atom stereocenters. The maximum absolute atomic E-state index is 11.8. The number of nitrogens with one attached hydrogen (secondary N) is 1. The SMILES string of the molecule is COc1ccc(NC(=O)CC2(N)CCC2)cc1Cl. The Hall–Kier alpha value is -1.26. The first-order chi connectivity index (χ1) is 8.52. The van der Waals surface area contributed by atoms with Gasteiger partial charge in [-0.05, 0) is 37.5 Å². The van der Waals surface area contributed by atoms with Crippen molar-refractivity contribution in [2.75, 3.05) is 12.4 Å². The van der Waals surface area contributed by atoms with Crippen molar-refractivity contribution in [3.63, 3.8) is 0 Å². The lowest BCUT2D eigenvalue weighted by atomic mass is 9.75. The van der Waals surface area contributed by atoms with Crippen molar-refractivity contribution >= 4 is 23.2 Å². The highest BCUT2D eigenvalue weighted by Gasteiger charge is 2.34. The number of benzene rings is 1. The van der Waals surface area contributed by atoms with E-state index in [0.29, 0.717) is 22.9 Å². The maximum Gasteiger partial charge on any atom is 0.226 e. The minimum Gasteiger partial charge on any atom is -0.495 e. The van der Waals surface area contributed by atoms with Crippen LogP contribution in [-0.4, -0.2) is 18.6 Å². The van der Waals surface area contributed by atoms with Gasteiger partial charge in [-0.3, -0.25) is 4.79 Å². The molecule has 0 heterocycles. The van der Waals surface area contributed by atoms with E-state index in [9.17, 15) is 4.79 Å². The molecule has 1 amide bonds. The van der Waals surface area contributed by atoms with Gasteiger partial charge in [0.2, 0.25) is 5.91 Å². The Labute approximate surface area is 111 Å². The first kappa shape index (κ1) is 13.2. The van der Waals surface area contributed by atoms with E-state index in [1.54, 1.807) is 25.3 Å². The number of rotatable bonds is 4. The van der Waals surface area contributed by atoms with E-state index in [1.807, 2.05) is 0 Å². The molecule has 1 aromatic carbocycles. The molecule has 0 radical (unpaired) electrons. The molecule has 4 nitrogen and oxygen atoms in total. The number of methoxy groups -OCH3 is 1. The van der Waals surface area contributed by atoms with Crippen LogP contribution in [0.4, 0.5) is 5.69 Å².